The molecule has 1 fully saturated rings. The summed E-state index contributed by atoms with van der Waals surface area (Å²) in [6.07, 6.45) is 0.595. The van der Waals surface area contributed by atoms with E-state index in [0.717, 1.165) is 27.8 Å². The predicted octanol–water partition coefficient (Wildman–Crippen LogP) is 4.18. The maximum atomic E-state index is 13.0. The van der Waals surface area contributed by atoms with Crippen molar-refractivity contribution in [2.75, 3.05) is 47.6 Å². The minimum atomic E-state index is -0.282. The van der Waals surface area contributed by atoms with Gasteiger partial charge in [0.2, 0.25) is 0 Å². The van der Waals surface area contributed by atoms with E-state index in [1.807, 2.05) is 72.5 Å². The van der Waals surface area contributed by atoms with E-state index in [-0.39, 0.29) is 18.0 Å². The van der Waals surface area contributed by atoms with Crippen molar-refractivity contribution in [3.05, 3.63) is 82.9 Å². The summed E-state index contributed by atoms with van der Waals surface area (Å²) in [5.74, 6) is 1.23. The van der Waals surface area contributed by atoms with Crippen LogP contribution in [0, 0.1) is 0 Å². The lowest BCUT2D eigenvalue weighted by atomic mass is 9.93. The van der Waals surface area contributed by atoms with Crippen molar-refractivity contribution in [3.8, 4) is 22.6 Å². The number of benzene rings is 3. The van der Waals surface area contributed by atoms with Gasteiger partial charge in [-0.15, -0.1) is 0 Å². The number of carbonyl (C=O) groups excluding carboxylic acids is 2. The molecule has 5 rings (SSSR count). The summed E-state index contributed by atoms with van der Waals surface area (Å²) in [5, 5.41) is 9.03. The average molecular weight is 543 g/mol. The van der Waals surface area contributed by atoms with Crippen molar-refractivity contribution in [3.63, 3.8) is 0 Å². The molecule has 2 aliphatic rings. The molecule has 1 atom stereocenters. The highest BCUT2D eigenvalue weighted by Gasteiger charge is 2.28. The Hall–Kier alpha value is -4.37. The summed E-state index contributed by atoms with van der Waals surface area (Å²) >= 11 is 0. The minimum Gasteiger partial charge on any atom is -0.493 e. The summed E-state index contributed by atoms with van der Waals surface area (Å²) < 4.78 is 16.5. The van der Waals surface area contributed by atoms with Gasteiger partial charge >= 0.3 is 6.03 Å². The second-order valence-corrected chi connectivity index (χ2v) is 9.83. The van der Waals surface area contributed by atoms with Crippen LogP contribution in [0.3, 0.4) is 0 Å². The number of hydrogen-bond acceptors (Lipinski definition) is 6. The first-order valence-corrected chi connectivity index (χ1v) is 13.4. The number of amides is 3. The number of carbonyl (C=O) groups is 2. The zero-order valence-corrected chi connectivity index (χ0v) is 23.3. The standard InChI is InChI=1S/C31H34N4O5/c1-20-16-25-18-27(38-3)28(39-4)19-26(25)29(33-35(20)31(37)32-2)22-10-8-21(9-11-22)23-6-5-7-24(17-23)30(36)34-12-14-40-15-13-34/h5-11,17-20H,12-16H2,1-4H3,(H,32,37). The molecular weight excluding hydrogens is 508 g/mol. The quantitative estimate of drug-likeness (QED) is 0.522. The van der Waals surface area contributed by atoms with Crippen LogP contribution in [0.1, 0.15) is 34.0 Å². The molecular formula is C31H34N4O5. The molecule has 3 aromatic carbocycles. The molecule has 1 saturated heterocycles. The van der Waals surface area contributed by atoms with Crippen LogP contribution in [0.2, 0.25) is 0 Å². The van der Waals surface area contributed by atoms with Gasteiger partial charge in [0, 0.05) is 36.8 Å². The number of nitrogens with one attached hydrogen (secondary N) is 1. The Bertz CT molecular complexity index is 1430. The van der Waals surface area contributed by atoms with E-state index in [4.69, 9.17) is 19.3 Å². The van der Waals surface area contributed by atoms with Crippen LogP contribution in [-0.4, -0.2) is 81.2 Å². The Balaban J connectivity index is 1.52. The first-order valence-electron chi connectivity index (χ1n) is 13.4. The predicted molar refractivity (Wildman–Crippen MR) is 153 cm³/mol. The number of nitrogens with zero attached hydrogens (tertiary/aromatic N) is 3. The van der Waals surface area contributed by atoms with Gasteiger partial charge in [0.1, 0.15) is 0 Å². The van der Waals surface area contributed by atoms with Crippen molar-refractivity contribution < 1.29 is 23.8 Å². The maximum Gasteiger partial charge on any atom is 0.337 e. The van der Waals surface area contributed by atoms with Crippen molar-refractivity contribution in [1.29, 1.82) is 0 Å². The molecule has 0 aliphatic carbocycles. The number of hydrazone groups is 1. The summed E-state index contributed by atoms with van der Waals surface area (Å²) in [6.45, 7) is 4.30. The molecule has 1 unspecified atom stereocenters. The van der Waals surface area contributed by atoms with Gasteiger partial charge < -0.3 is 24.4 Å². The number of hydrogen-bond donors (Lipinski definition) is 1. The van der Waals surface area contributed by atoms with Gasteiger partial charge in [-0.3, -0.25) is 4.79 Å². The molecule has 2 heterocycles. The molecule has 0 spiro atoms. The molecule has 9 heteroatoms. The smallest absolute Gasteiger partial charge is 0.337 e. The van der Waals surface area contributed by atoms with Crippen molar-refractivity contribution in [1.82, 2.24) is 15.2 Å². The van der Waals surface area contributed by atoms with Gasteiger partial charge in [-0.25, -0.2) is 9.80 Å². The molecule has 0 saturated carbocycles. The topological polar surface area (TPSA) is 92.7 Å². The van der Waals surface area contributed by atoms with E-state index in [0.29, 0.717) is 55.5 Å². The van der Waals surface area contributed by atoms with E-state index in [2.05, 4.69) is 5.32 Å². The average Bonchev–Trinajstić information content (AvgIpc) is 3.15. The van der Waals surface area contributed by atoms with Crippen LogP contribution < -0.4 is 14.8 Å². The van der Waals surface area contributed by atoms with E-state index >= 15 is 0 Å². The first-order chi connectivity index (χ1) is 19.4. The molecule has 1 N–H and O–H groups in total. The fourth-order valence-corrected chi connectivity index (χ4v) is 5.15. The van der Waals surface area contributed by atoms with Crippen molar-refractivity contribution in [2.24, 2.45) is 5.10 Å². The van der Waals surface area contributed by atoms with Gasteiger partial charge in [0.05, 0.1) is 39.2 Å². The molecule has 0 aromatic heterocycles. The molecule has 208 valence electrons. The largest absolute Gasteiger partial charge is 0.493 e. The Morgan fingerprint density at radius 3 is 2.27 bits per heavy atom. The van der Waals surface area contributed by atoms with Gasteiger partial charge in [-0.2, -0.15) is 5.10 Å². The lowest BCUT2D eigenvalue weighted by molar-refractivity contribution is 0.0303. The summed E-state index contributed by atoms with van der Waals surface area (Å²) in [6, 6.07) is 19.1. The van der Waals surface area contributed by atoms with Crippen LogP contribution in [-0.2, 0) is 11.2 Å². The maximum absolute atomic E-state index is 13.0. The van der Waals surface area contributed by atoms with Crippen LogP contribution >= 0.6 is 0 Å². The lowest BCUT2D eigenvalue weighted by Gasteiger charge is -2.27. The molecule has 9 nitrogen and oxygen atoms in total. The van der Waals surface area contributed by atoms with E-state index < -0.39 is 0 Å². The third-order valence-corrected chi connectivity index (χ3v) is 7.33. The summed E-state index contributed by atoms with van der Waals surface area (Å²) in [5.41, 5.74) is 5.96. The Kier molecular flexibility index (Phi) is 8.02. The Morgan fingerprint density at radius 1 is 0.925 bits per heavy atom. The first kappa shape index (κ1) is 27.2. The lowest BCUT2D eigenvalue weighted by Crippen LogP contribution is -2.41. The van der Waals surface area contributed by atoms with Crippen molar-refractivity contribution >= 4 is 17.6 Å². The number of urea groups is 1. The number of methoxy groups -OCH3 is 2. The van der Waals surface area contributed by atoms with Crippen LogP contribution in [0.5, 0.6) is 11.5 Å². The monoisotopic (exact) mass is 542 g/mol. The third kappa shape index (κ3) is 5.37. The molecule has 3 aromatic rings. The van der Waals surface area contributed by atoms with E-state index in [1.165, 1.54) is 5.01 Å². The third-order valence-electron chi connectivity index (χ3n) is 7.33. The number of rotatable bonds is 5. The molecule has 0 radical (unpaired) electrons. The van der Waals surface area contributed by atoms with Gasteiger partial charge in [-0.05, 0) is 54.3 Å². The number of ether oxygens (including phenoxy) is 3. The molecule has 2 aliphatic heterocycles. The van der Waals surface area contributed by atoms with E-state index in [9.17, 15) is 9.59 Å². The summed E-state index contributed by atoms with van der Waals surface area (Å²) in [7, 11) is 4.81. The van der Waals surface area contributed by atoms with Gasteiger partial charge in [-0.1, -0.05) is 36.4 Å². The SMILES string of the molecule is CNC(=O)N1N=C(c2ccc(-c3cccc(C(=O)N4CCOCC4)c3)cc2)c2cc(OC)c(OC)cc2CC1C. The summed E-state index contributed by atoms with van der Waals surface area (Å²) in [4.78, 5) is 27.6. The van der Waals surface area contributed by atoms with E-state index in [1.54, 1.807) is 21.3 Å². The second-order valence-electron chi connectivity index (χ2n) is 9.83. The number of fused-ring (bicyclic) bond motifs is 1. The zero-order valence-electron chi connectivity index (χ0n) is 23.3. The molecule has 3 amide bonds. The van der Waals surface area contributed by atoms with Crippen LogP contribution in [0.4, 0.5) is 4.79 Å². The van der Waals surface area contributed by atoms with Gasteiger partial charge in [0.15, 0.2) is 11.5 Å². The number of morpholine rings is 1. The van der Waals surface area contributed by atoms with Gasteiger partial charge in [0.25, 0.3) is 5.91 Å². The van der Waals surface area contributed by atoms with Crippen LogP contribution in [0.25, 0.3) is 11.1 Å². The fraction of sp³-hybridized carbons (Fsp3) is 0.323. The Morgan fingerprint density at radius 2 is 1.60 bits per heavy atom. The second kappa shape index (κ2) is 11.8. The van der Waals surface area contributed by atoms with Crippen LogP contribution in [0.15, 0.2) is 65.8 Å². The van der Waals surface area contributed by atoms with Crippen molar-refractivity contribution in [2.45, 2.75) is 19.4 Å². The molecule has 40 heavy (non-hydrogen) atoms. The highest BCUT2D eigenvalue weighted by Crippen LogP contribution is 2.35. The highest BCUT2D eigenvalue weighted by atomic mass is 16.5. The molecule has 0 bridgehead atoms. The minimum absolute atomic E-state index is 0.0129. The zero-order chi connectivity index (χ0) is 28.2. The fourth-order valence-electron chi connectivity index (χ4n) is 5.15. The highest BCUT2D eigenvalue weighted by molar-refractivity contribution is 6.14. The normalized spacial score (nSPS) is 16.9. The Labute approximate surface area is 234 Å².